The number of hydrogen-bond acceptors (Lipinski definition) is 2. The molecule has 0 saturated carbocycles. The monoisotopic (exact) mass is 256 g/mol. The minimum Gasteiger partial charge on any atom is -0.348 e. The molecule has 1 aromatic carbocycles. The Morgan fingerprint density at radius 1 is 1.50 bits per heavy atom. The number of nitrogens with one attached hydrogen (secondary N) is 1. The Labute approximate surface area is 91.8 Å². The third-order valence-electron chi connectivity index (χ3n) is 1.93. The Morgan fingerprint density at radius 2 is 2.07 bits per heavy atom. The highest BCUT2D eigenvalue weighted by Crippen LogP contribution is 2.16. The Hall–Kier alpha value is -0.870. The van der Waals surface area contributed by atoms with Gasteiger partial charge < -0.3 is 11.1 Å². The molecule has 0 aliphatic rings. The number of nitrogens with two attached hydrogens (primary N) is 1. The first-order valence-corrected chi connectivity index (χ1v) is 5.17. The van der Waals surface area contributed by atoms with Crippen molar-refractivity contribution in [3.05, 3.63) is 34.3 Å². The van der Waals surface area contributed by atoms with Crippen molar-refractivity contribution in [1.29, 1.82) is 0 Å². The lowest BCUT2D eigenvalue weighted by molar-refractivity contribution is -0.120. The summed E-state index contributed by atoms with van der Waals surface area (Å²) in [5.74, 6) is -0.139. The van der Waals surface area contributed by atoms with Crippen LogP contribution in [-0.2, 0) is 4.79 Å². The van der Waals surface area contributed by atoms with E-state index >= 15 is 0 Å². The number of rotatable bonds is 3. The van der Waals surface area contributed by atoms with Crippen LogP contribution in [0.2, 0.25) is 0 Å². The van der Waals surface area contributed by atoms with E-state index in [4.69, 9.17) is 5.73 Å². The largest absolute Gasteiger partial charge is 0.348 e. The van der Waals surface area contributed by atoms with E-state index in [0.717, 1.165) is 10.0 Å². The van der Waals surface area contributed by atoms with Gasteiger partial charge in [0.2, 0.25) is 5.91 Å². The van der Waals surface area contributed by atoms with Crippen LogP contribution < -0.4 is 11.1 Å². The van der Waals surface area contributed by atoms with Crippen molar-refractivity contribution in [2.24, 2.45) is 5.73 Å². The van der Waals surface area contributed by atoms with E-state index in [1.165, 1.54) is 0 Å². The molecule has 1 amide bonds. The van der Waals surface area contributed by atoms with E-state index in [-0.39, 0.29) is 18.5 Å². The molecule has 1 atom stereocenters. The summed E-state index contributed by atoms with van der Waals surface area (Å²) in [6.07, 6.45) is 0. The van der Waals surface area contributed by atoms with Crippen molar-refractivity contribution < 1.29 is 4.79 Å². The Kier molecular flexibility index (Phi) is 4.10. The van der Waals surface area contributed by atoms with Crippen LogP contribution in [0.25, 0.3) is 0 Å². The number of amides is 1. The standard InChI is InChI=1S/C10H13BrN2O/c1-7(13-10(14)6-12)8-2-4-9(11)5-3-8/h2-5,7H,6,12H2,1H3,(H,13,14). The highest BCUT2D eigenvalue weighted by Gasteiger charge is 2.07. The zero-order valence-corrected chi connectivity index (χ0v) is 9.54. The first kappa shape index (κ1) is 11.2. The van der Waals surface area contributed by atoms with Crippen LogP contribution in [0.5, 0.6) is 0 Å². The van der Waals surface area contributed by atoms with E-state index in [1.54, 1.807) is 0 Å². The lowest BCUT2D eigenvalue weighted by atomic mass is 10.1. The molecule has 0 spiro atoms. The number of carbonyl (C=O) groups excluding carboxylic acids is 1. The molecule has 0 aromatic heterocycles. The second-order valence-corrected chi connectivity index (χ2v) is 3.96. The molecule has 14 heavy (non-hydrogen) atoms. The average molecular weight is 257 g/mol. The summed E-state index contributed by atoms with van der Waals surface area (Å²) in [5.41, 5.74) is 6.27. The fourth-order valence-corrected chi connectivity index (χ4v) is 1.40. The van der Waals surface area contributed by atoms with Gasteiger partial charge in [-0.05, 0) is 24.6 Å². The molecule has 3 nitrogen and oxygen atoms in total. The van der Waals surface area contributed by atoms with Crippen molar-refractivity contribution >= 4 is 21.8 Å². The van der Waals surface area contributed by atoms with Crippen molar-refractivity contribution in [1.82, 2.24) is 5.32 Å². The van der Waals surface area contributed by atoms with Gasteiger partial charge in [0.05, 0.1) is 12.6 Å². The van der Waals surface area contributed by atoms with Gasteiger partial charge in [-0.3, -0.25) is 4.79 Å². The van der Waals surface area contributed by atoms with Crippen LogP contribution in [0.15, 0.2) is 28.7 Å². The fraction of sp³-hybridized carbons (Fsp3) is 0.300. The molecular formula is C10H13BrN2O. The van der Waals surface area contributed by atoms with Crippen molar-refractivity contribution in [2.45, 2.75) is 13.0 Å². The van der Waals surface area contributed by atoms with E-state index < -0.39 is 0 Å². The predicted octanol–water partition coefficient (Wildman–Crippen LogP) is 1.59. The Balaban J connectivity index is 2.65. The first-order chi connectivity index (χ1) is 6.63. The summed E-state index contributed by atoms with van der Waals surface area (Å²) in [7, 11) is 0. The molecule has 1 rings (SSSR count). The van der Waals surface area contributed by atoms with Crippen LogP contribution in [-0.4, -0.2) is 12.5 Å². The molecule has 1 unspecified atom stereocenters. The van der Waals surface area contributed by atoms with Crippen molar-refractivity contribution in [3.8, 4) is 0 Å². The third kappa shape index (κ3) is 3.12. The summed E-state index contributed by atoms with van der Waals surface area (Å²) in [4.78, 5) is 11.0. The molecule has 0 aliphatic carbocycles. The molecule has 0 saturated heterocycles. The van der Waals surface area contributed by atoms with Gasteiger partial charge in [-0.25, -0.2) is 0 Å². The normalized spacial score (nSPS) is 12.2. The van der Waals surface area contributed by atoms with Crippen LogP contribution in [0.1, 0.15) is 18.5 Å². The van der Waals surface area contributed by atoms with Crippen LogP contribution in [0.3, 0.4) is 0 Å². The molecule has 1 aromatic rings. The zero-order chi connectivity index (χ0) is 10.6. The summed E-state index contributed by atoms with van der Waals surface area (Å²) in [6.45, 7) is 1.96. The number of benzene rings is 1. The van der Waals surface area contributed by atoms with Crippen LogP contribution in [0.4, 0.5) is 0 Å². The molecule has 0 aliphatic heterocycles. The minimum absolute atomic E-state index is 0.000787. The highest BCUT2D eigenvalue weighted by atomic mass is 79.9. The van der Waals surface area contributed by atoms with Crippen LogP contribution >= 0.6 is 15.9 Å². The van der Waals surface area contributed by atoms with E-state index in [2.05, 4.69) is 21.2 Å². The lowest BCUT2D eigenvalue weighted by Gasteiger charge is -2.13. The molecule has 0 radical (unpaired) electrons. The van der Waals surface area contributed by atoms with Gasteiger partial charge in [-0.15, -0.1) is 0 Å². The van der Waals surface area contributed by atoms with Gasteiger partial charge in [-0.1, -0.05) is 28.1 Å². The maximum Gasteiger partial charge on any atom is 0.234 e. The van der Waals surface area contributed by atoms with Gasteiger partial charge in [0.15, 0.2) is 0 Å². The summed E-state index contributed by atoms with van der Waals surface area (Å²) in [5, 5.41) is 2.79. The average Bonchev–Trinajstić information content (AvgIpc) is 2.18. The van der Waals surface area contributed by atoms with E-state index in [0.29, 0.717) is 0 Å². The smallest absolute Gasteiger partial charge is 0.234 e. The minimum atomic E-state index is -0.139. The quantitative estimate of drug-likeness (QED) is 0.863. The Morgan fingerprint density at radius 3 is 2.57 bits per heavy atom. The highest BCUT2D eigenvalue weighted by molar-refractivity contribution is 9.10. The molecule has 0 fully saturated rings. The Bertz CT molecular complexity index is 310. The maximum atomic E-state index is 11.0. The van der Waals surface area contributed by atoms with Gasteiger partial charge in [0.1, 0.15) is 0 Å². The predicted molar refractivity (Wildman–Crippen MR) is 59.8 cm³/mol. The van der Waals surface area contributed by atoms with Gasteiger partial charge in [-0.2, -0.15) is 0 Å². The molecule has 3 N–H and O–H groups in total. The zero-order valence-electron chi connectivity index (χ0n) is 7.96. The SMILES string of the molecule is CC(NC(=O)CN)c1ccc(Br)cc1. The first-order valence-electron chi connectivity index (χ1n) is 4.38. The summed E-state index contributed by atoms with van der Waals surface area (Å²) >= 11 is 3.35. The fourth-order valence-electron chi connectivity index (χ4n) is 1.14. The summed E-state index contributed by atoms with van der Waals surface area (Å²) in [6, 6.07) is 7.82. The second-order valence-electron chi connectivity index (χ2n) is 3.04. The maximum absolute atomic E-state index is 11.0. The van der Waals surface area contributed by atoms with Gasteiger partial charge in [0, 0.05) is 4.47 Å². The van der Waals surface area contributed by atoms with Gasteiger partial charge >= 0.3 is 0 Å². The topological polar surface area (TPSA) is 55.1 Å². The third-order valence-corrected chi connectivity index (χ3v) is 2.46. The lowest BCUT2D eigenvalue weighted by Crippen LogP contribution is -2.32. The van der Waals surface area contributed by atoms with Gasteiger partial charge in [0.25, 0.3) is 0 Å². The molecular weight excluding hydrogens is 244 g/mol. The molecule has 0 heterocycles. The number of halogens is 1. The van der Waals surface area contributed by atoms with Crippen molar-refractivity contribution in [3.63, 3.8) is 0 Å². The number of carbonyl (C=O) groups is 1. The number of hydrogen-bond donors (Lipinski definition) is 2. The molecule has 76 valence electrons. The van der Waals surface area contributed by atoms with Crippen LogP contribution in [0, 0.1) is 0 Å². The molecule has 0 bridgehead atoms. The van der Waals surface area contributed by atoms with E-state index in [9.17, 15) is 4.79 Å². The van der Waals surface area contributed by atoms with E-state index in [1.807, 2.05) is 31.2 Å². The van der Waals surface area contributed by atoms with Crippen molar-refractivity contribution in [2.75, 3.05) is 6.54 Å². The molecule has 4 heteroatoms. The second kappa shape index (κ2) is 5.12. The summed E-state index contributed by atoms with van der Waals surface area (Å²) < 4.78 is 1.03.